The van der Waals surface area contributed by atoms with Crippen molar-refractivity contribution in [2.45, 2.75) is 23.8 Å². The van der Waals surface area contributed by atoms with Crippen LogP contribution in [0.5, 0.6) is 0 Å². The number of piperidine rings is 1. The van der Waals surface area contributed by atoms with Crippen molar-refractivity contribution in [2.24, 2.45) is 0 Å². The summed E-state index contributed by atoms with van der Waals surface area (Å²) in [6.07, 6.45) is 4.38. The SMILES string of the molecule is CS(=O)(=O)c1cccc(-c2ccc(/C(=C/C(=N)CN3CCCC(O)C3)Nc3ccccc3Cl)s2)c1. The molecule has 0 spiro atoms. The van der Waals surface area contributed by atoms with Crippen molar-refractivity contribution < 1.29 is 13.5 Å². The number of benzene rings is 2. The van der Waals surface area contributed by atoms with Crippen LogP contribution < -0.4 is 5.32 Å². The van der Waals surface area contributed by atoms with Crippen LogP contribution in [0.25, 0.3) is 16.1 Å². The van der Waals surface area contributed by atoms with Gasteiger partial charge in [-0.2, -0.15) is 0 Å². The smallest absolute Gasteiger partial charge is 0.175 e. The summed E-state index contributed by atoms with van der Waals surface area (Å²) >= 11 is 7.90. The second kappa shape index (κ2) is 11.1. The van der Waals surface area contributed by atoms with Gasteiger partial charge in [0.1, 0.15) is 0 Å². The lowest BCUT2D eigenvalue weighted by atomic mass is 10.1. The molecule has 0 bridgehead atoms. The number of hydrogen-bond acceptors (Lipinski definition) is 7. The number of nitrogens with one attached hydrogen (secondary N) is 2. The second-order valence-corrected chi connectivity index (χ2v) is 12.2. The van der Waals surface area contributed by atoms with Gasteiger partial charge in [0.05, 0.1) is 32.3 Å². The van der Waals surface area contributed by atoms with Gasteiger partial charge >= 0.3 is 0 Å². The van der Waals surface area contributed by atoms with Crippen LogP contribution in [0.15, 0.2) is 71.6 Å². The molecule has 184 valence electrons. The van der Waals surface area contributed by atoms with Crippen LogP contribution in [0.1, 0.15) is 17.7 Å². The Bertz CT molecular complexity index is 1350. The average molecular weight is 530 g/mol. The topological polar surface area (TPSA) is 93.5 Å². The summed E-state index contributed by atoms with van der Waals surface area (Å²) in [5.41, 5.74) is 2.70. The molecule has 2 aromatic carbocycles. The predicted octanol–water partition coefficient (Wildman–Crippen LogP) is 5.40. The monoisotopic (exact) mass is 529 g/mol. The molecule has 4 rings (SSSR count). The lowest BCUT2D eigenvalue weighted by molar-refractivity contribution is 0.0791. The van der Waals surface area contributed by atoms with Crippen molar-refractivity contribution in [3.05, 3.63) is 76.6 Å². The van der Waals surface area contributed by atoms with Crippen LogP contribution >= 0.6 is 22.9 Å². The summed E-state index contributed by atoms with van der Waals surface area (Å²) < 4.78 is 24.0. The number of aliphatic hydroxyl groups excluding tert-OH is 1. The van der Waals surface area contributed by atoms with Gasteiger partial charge in [0.25, 0.3) is 0 Å². The van der Waals surface area contributed by atoms with E-state index in [-0.39, 0.29) is 11.0 Å². The molecule has 1 unspecified atom stereocenters. The van der Waals surface area contributed by atoms with E-state index < -0.39 is 9.84 Å². The maximum absolute atomic E-state index is 12.0. The molecule has 0 saturated carbocycles. The molecule has 1 fully saturated rings. The van der Waals surface area contributed by atoms with Crippen LogP contribution in [0.2, 0.25) is 5.02 Å². The highest BCUT2D eigenvalue weighted by Gasteiger charge is 2.19. The molecule has 3 aromatic rings. The normalized spacial score (nSPS) is 17.3. The lowest BCUT2D eigenvalue weighted by Crippen LogP contribution is -2.40. The highest BCUT2D eigenvalue weighted by molar-refractivity contribution is 7.90. The van der Waals surface area contributed by atoms with E-state index in [9.17, 15) is 13.5 Å². The Balaban J connectivity index is 1.64. The first-order valence-corrected chi connectivity index (χ1v) is 14.4. The number of aliphatic hydroxyl groups is 1. The van der Waals surface area contributed by atoms with E-state index >= 15 is 0 Å². The molecule has 1 aliphatic heterocycles. The van der Waals surface area contributed by atoms with E-state index in [0.29, 0.717) is 23.8 Å². The Labute approximate surface area is 215 Å². The number of sulfone groups is 1. The number of β-amino-alcohol motifs (C(OH)–C–C–N with tert-alkyl or cyclic N) is 1. The standard InChI is InChI=1S/C26H28ClN3O3S2/c1-35(32,33)21-8-4-6-18(14-21)25-11-12-26(34-25)24(29-23-10-3-2-9-22(23)27)15-19(28)16-30-13-5-7-20(31)17-30/h2-4,6,8-12,14-15,20,28-29,31H,5,7,13,16-17H2,1H3/b24-15-,28-19?. The zero-order valence-electron chi connectivity index (χ0n) is 19.4. The third-order valence-corrected chi connectivity index (χ3v) is 8.36. The molecule has 35 heavy (non-hydrogen) atoms. The molecule has 0 radical (unpaired) electrons. The van der Waals surface area contributed by atoms with Crippen LogP contribution in [-0.4, -0.2) is 56.1 Å². The van der Waals surface area contributed by atoms with Gasteiger partial charge in [-0.15, -0.1) is 11.3 Å². The molecule has 3 N–H and O–H groups in total. The fourth-order valence-electron chi connectivity index (χ4n) is 4.03. The molecule has 1 atom stereocenters. The zero-order chi connectivity index (χ0) is 25.0. The number of halogens is 1. The van der Waals surface area contributed by atoms with Crippen LogP contribution in [-0.2, 0) is 9.84 Å². The number of anilines is 1. The number of rotatable bonds is 8. The van der Waals surface area contributed by atoms with Gasteiger partial charge in [-0.05, 0) is 67.4 Å². The number of likely N-dealkylation sites (tertiary alicyclic amines) is 1. The fraction of sp³-hybridized carbons (Fsp3) is 0.269. The van der Waals surface area contributed by atoms with Crippen molar-refractivity contribution >= 4 is 49.9 Å². The summed E-state index contributed by atoms with van der Waals surface area (Å²) in [6, 6.07) is 18.3. The Morgan fingerprint density at radius 3 is 2.77 bits per heavy atom. The second-order valence-electron chi connectivity index (χ2n) is 8.68. The van der Waals surface area contributed by atoms with Gasteiger partial charge in [-0.25, -0.2) is 8.42 Å². The first-order chi connectivity index (χ1) is 16.7. The fourth-order valence-corrected chi connectivity index (χ4v) is 5.85. The molecule has 1 saturated heterocycles. The third-order valence-electron chi connectivity index (χ3n) is 5.75. The molecule has 2 heterocycles. The highest BCUT2D eigenvalue weighted by atomic mass is 35.5. The molecule has 1 aliphatic rings. The predicted molar refractivity (Wildman–Crippen MR) is 145 cm³/mol. The summed E-state index contributed by atoms with van der Waals surface area (Å²) in [7, 11) is -3.31. The van der Waals surface area contributed by atoms with Crippen molar-refractivity contribution in [2.75, 3.05) is 31.2 Å². The molecular formula is C26H28ClN3O3S2. The van der Waals surface area contributed by atoms with Crippen LogP contribution in [0.3, 0.4) is 0 Å². The number of hydrogen-bond donors (Lipinski definition) is 3. The minimum atomic E-state index is -3.31. The maximum atomic E-state index is 12.0. The number of thiophene rings is 1. The Hall–Kier alpha value is -2.49. The summed E-state index contributed by atoms with van der Waals surface area (Å²) in [6.45, 7) is 1.88. The van der Waals surface area contributed by atoms with Crippen LogP contribution in [0.4, 0.5) is 5.69 Å². The number of para-hydroxylation sites is 1. The number of nitrogens with zero attached hydrogens (tertiary/aromatic N) is 1. The van der Waals surface area contributed by atoms with Gasteiger partial charge < -0.3 is 15.8 Å². The van der Waals surface area contributed by atoms with Crippen LogP contribution in [0, 0.1) is 5.41 Å². The van der Waals surface area contributed by atoms with Crippen molar-refractivity contribution in [1.29, 1.82) is 5.41 Å². The first kappa shape index (κ1) is 25.6. The minimum Gasteiger partial charge on any atom is -0.392 e. The first-order valence-electron chi connectivity index (χ1n) is 11.3. The minimum absolute atomic E-state index is 0.278. The van der Waals surface area contributed by atoms with E-state index in [0.717, 1.165) is 46.1 Å². The summed E-state index contributed by atoms with van der Waals surface area (Å²) in [4.78, 5) is 4.19. The average Bonchev–Trinajstić information content (AvgIpc) is 3.30. The largest absolute Gasteiger partial charge is 0.392 e. The quantitative estimate of drug-likeness (QED) is 0.340. The van der Waals surface area contributed by atoms with E-state index in [1.807, 2.05) is 36.4 Å². The molecule has 0 amide bonds. The third kappa shape index (κ3) is 6.80. The van der Waals surface area contributed by atoms with Crippen molar-refractivity contribution in [3.8, 4) is 10.4 Å². The molecule has 6 nitrogen and oxygen atoms in total. The Morgan fingerprint density at radius 1 is 1.23 bits per heavy atom. The molecule has 1 aromatic heterocycles. The van der Waals surface area contributed by atoms with Gasteiger partial charge in [-0.3, -0.25) is 4.90 Å². The zero-order valence-corrected chi connectivity index (χ0v) is 21.8. The van der Waals surface area contributed by atoms with Gasteiger partial charge in [0, 0.05) is 29.9 Å². The van der Waals surface area contributed by atoms with E-state index in [2.05, 4.69) is 10.2 Å². The molecule has 0 aliphatic carbocycles. The van der Waals surface area contributed by atoms with Gasteiger partial charge in [-0.1, -0.05) is 35.9 Å². The van der Waals surface area contributed by atoms with E-state index in [4.69, 9.17) is 17.0 Å². The van der Waals surface area contributed by atoms with Crippen molar-refractivity contribution in [3.63, 3.8) is 0 Å². The van der Waals surface area contributed by atoms with E-state index in [1.54, 1.807) is 30.3 Å². The van der Waals surface area contributed by atoms with Gasteiger partial charge in [0.15, 0.2) is 9.84 Å². The van der Waals surface area contributed by atoms with Crippen molar-refractivity contribution in [1.82, 2.24) is 4.90 Å². The lowest BCUT2D eigenvalue weighted by Gasteiger charge is -2.29. The maximum Gasteiger partial charge on any atom is 0.175 e. The Morgan fingerprint density at radius 2 is 2.03 bits per heavy atom. The molecule has 9 heteroatoms. The molecular weight excluding hydrogens is 502 g/mol. The van der Waals surface area contributed by atoms with E-state index in [1.165, 1.54) is 17.6 Å². The highest BCUT2D eigenvalue weighted by Crippen LogP contribution is 2.34. The summed E-state index contributed by atoms with van der Waals surface area (Å²) in [5, 5.41) is 22.5. The van der Waals surface area contributed by atoms with Gasteiger partial charge in [0.2, 0.25) is 0 Å². The summed E-state index contributed by atoms with van der Waals surface area (Å²) in [5.74, 6) is 0. The Kier molecular flexibility index (Phi) is 8.09.